The number of rotatable bonds is 6. The van der Waals surface area contributed by atoms with E-state index in [0.29, 0.717) is 15.8 Å². The Bertz CT molecular complexity index is 1180. The third-order valence-electron chi connectivity index (χ3n) is 4.27. The fourth-order valence-electron chi connectivity index (χ4n) is 2.89. The van der Waals surface area contributed by atoms with Crippen molar-refractivity contribution in [3.63, 3.8) is 0 Å². The number of aromatic nitrogens is 6. The number of fused-ring (bicyclic) bond motifs is 1. The van der Waals surface area contributed by atoms with Crippen LogP contribution in [0.5, 0.6) is 0 Å². The molecule has 0 aliphatic carbocycles. The third-order valence-corrected chi connectivity index (χ3v) is 6.25. The minimum Gasteiger partial charge on any atom is -0.300 e. The van der Waals surface area contributed by atoms with Crippen LogP contribution in [0.4, 0.5) is 5.13 Å². The molecule has 0 atom stereocenters. The zero-order valence-corrected chi connectivity index (χ0v) is 17.8. The first-order valence-electron chi connectivity index (χ1n) is 9.06. The minimum atomic E-state index is -0.151. The highest BCUT2D eigenvalue weighted by Gasteiger charge is 2.15. The van der Waals surface area contributed by atoms with Gasteiger partial charge in [0.1, 0.15) is 16.4 Å². The highest BCUT2D eigenvalue weighted by atomic mass is 32.2. The normalized spacial score (nSPS) is 11.1. The van der Waals surface area contributed by atoms with Crippen LogP contribution in [0.2, 0.25) is 0 Å². The van der Waals surface area contributed by atoms with Gasteiger partial charge in [0, 0.05) is 0 Å². The summed E-state index contributed by atoms with van der Waals surface area (Å²) < 4.78 is 1.81. The van der Waals surface area contributed by atoms with Crippen LogP contribution in [0, 0.1) is 13.8 Å². The maximum Gasteiger partial charge on any atom is 0.236 e. The van der Waals surface area contributed by atoms with E-state index in [1.54, 1.807) is 6.20 Å². The molecular formula is C19H19N7OS2. The Morgan fingerprint density at radius 2 is 2.10 bits per heavy atom. The molecule has 0 aliphatic rings. The van der Waals surface area contributed by atoms with Crippen LogP contribution in [0.25, 0.3) is 16.7 Å². The molecule has 4 rings (SSSR count). The molecule has 10 heteroatoms. The molecule has 148 valence electrons. The Kier molecular flexibility index (Phi) is 5.54. The number of aryl methyl sites for hydroxylation is 3. The Morgan fingerprint density at radius 3 is 2.86 bits per heavy atom. The molecule has 0 unspecified atom stereocenters. The summed E-state index contributed by atoms with van der Waals surface area (Å²) in [5.41, 5.74) is 4.00. The minimum absolute atomic E-state index is 0.151. The Hall–Kier alpha value is -2.85. The van der Waals surface area contributed by atoms with E-state index < -0.39 is 0 Å². The molecule has 1 amide bonds. The van der Waals surface area contributed by atoms with E-state index in [2.05, 4.69) is 56.6 Å². The topological polar surface area (TPSA) is 98.5 Å². The smallest absolute Gasteiger partial charge is 0.236 e. The predicted molar refractivity (Wildman–Crippen MR) is 115 cm³/mol. The number of nitrogens with one attached hydrogen (secondary N) is 1. The average Bonchev–Trinajstić information content (AvgIpc) is 3.33. The molecular weight excluding hydrogens is 406 g/mol. The second kappa shape index (κ2) is 8.26. The number of carbonyl (C=O) groups is 1. The number of benzene rings is 1. The number of carbonyl (C=O) groups excluding carboxylic acids is 1. The molecule has 0 radical (unpaired) electrons. The van der Waals surface area contributed by atoms with Gasteiger partial charge in [-0.3, -0.25) is 10.1 Å². The lowest BCUT2D eigenvalue weighted by molar-refractivity contribution is -0.113. The van der Waals surface area contributed by atoms with Crippen LogP contribution < -0.4 is 5.32 Å². The van der Waals surface area contributed by atoms with Gasteiger partial charge in [0.2, 0.25) is 11.0 Å². The molecule has 0 saturated carbocycles. The molecule has 29 heavy (non-hydrogen) atoms. The van der Waals surface area contributed by atoms with Crippen LogP contribution in [0.3, 0.4) is 0 Å². The first-order chi connectivity index (χ1) is 14.0. The number of amides is 1. The lowest BCUT2D eigenvalue weighted by Crippen LogP contribution is -2.14. The molecule has 3 heterocycles. The van der Waals surface area contributed by atoms with Crippen molar-refractivity contribution >= 4 is 45.2 Å². The maximum atomic E-state index is 12.3. The summed E-state index contributed by atoms with van der Waals surface area (Å²) in [5.74, 6) is 0.0596. The maximum absolute atomic E-state index is 12.3. The highest BCUT2D eigenvalue weighted by molar-refractivity contribution is 8.00. The first kappa shape index (κ1) is 19.5. The molecule has 4 aromatic rings. The van der Waals surface area contributed by atoms with Gasteiger partial charge in [0.15, 0.2) is 5.65 Å². The van der Waals surface area contributed by atoms with Crippen LogP contribution in [-0.4, -0.2) is 41.6 Å². The molecule has 3 aromatic heterocycles. The summed E-state index contributed by atoms with van der Waals surface area (Å²) in [5, 5.41) is 18.2. The SMILES string of the molecule is CCc1nnc(NC(=O)CSc2ncnc3c2cnn3-c2ccc(C)cc2C)s1. The van der Waals surface area contributed by atoms with Crippen molar-refractivity contribution < 1.29 is 4.79 Å². The molecule has 0 fully saturated rings. The number of hydrogen-bond acceptors (Lipinski definition) is 8. The number of nitrogens with zero attached hydrogens (tertiary/aromatic N) is 6. The van der Waals surface area contributed by atoms with E-state index in [0.717, 1.165) is 28.1 Å². The predicted octanol–water partition coefficient (Wildman–Crippen LogP) is 3.58. The quantitative estimate of drug-likeness (QED) is 0.372. The van der Waals surface area contributed by atoms with Gasteiger partial charge < -0.3 is 0 Å². The summed E-state index contributed by atoms with van der Waals surface area (Å²) >= 11 is 2.73. The van der Waals surface area contributed by atoms with Gasteiger partial charge >= 0.3 is 0 Å². The van der Waals surface area contributed by atoms with Crippen LogP contribution in [0.1, 0.15) is 23.1 Å². The lowest BCUT2D eigenvalue weighted by atomic mass is 10.1. The summed E-state index contributed by atoms with van der Waals surface area (Å²) in [6, 6.07) is 6.20. The summed E-state index contributed by atoms with van der Waals surface area (Å²) in [7, 11) is 0. The van der Waals surface area contributed by atoms with E-state index in [-0.39, 0.29) is 11.7 Å². The van der Waals surface area contributed by atoms with Crippen molar-refractivity contribution in [2.24, 2.45) is 0 Å². The van der Waals surface area contributed by atoms with Gasteiger partial charge in [-0.25, -0.2) is 14.6 Å². The zero-order chi connectivity index (χ0) is 20.4. The fourth-order valence-corrected chi connectivity index (χ4v) is 4.35. The standard InChI is InChI=1S/C19H19N7OS2/c1-4-16-24-25-19(29-16)23-15(27)9-28-18-13-8-22-26(17(13)20-10-21-18)14-6-5-11(2)7-12(14)3/h5-8,10H,4,9H2,1-3H3,(H,23,25,27). The highest BCUT2D eigenvalue weighted by Crippen LogP contribution is 2.27. The molecule has 0 spiro atoms. The third kappa shape index (κ3) is 4.13. The van der Waals surface area contributed by atoms with E-state index in [1.807, 2.05) is 17.7 Å². The molecule has 1 N–H and O–H groups in total. The Morgan fingerprint density at radius 1 is 1.24 bits per heavy atom. The van der Waals surface area contributed by atoms with Gasteiger partial charge in [-0.15, -0.1) is 10.2 Å². The average molecular weight is 426 g/mol. The second-order valence-corrected chi connectivity index (χ2v) is 8.48. The molecule has 0 saturated heterocycles. The van der Waals surface area contributed by atoms with Crippen molar-refractivity contribution in [3.8, 4) is 5.69 Å². The fraction of sp³-hybridized carbons (Fsp3) is 0.263. The van der Waals surface area contributed by atoms with Crippen molar-refractivity contribution in [2.45, 2.75) is 32.2 Å². The number of hydrogen-bond donors (Lipinski definition) is 1. The molecule has 8 nitrogen and oxygen atoms in total. The molecule has 0 bridgehead atoms. The second-order valence-electron chi connectivity index (χ2n) is 6.45. The van der Waals surface area contributed by atoms with Gasteiger partial charge in [-0.1, -0.05) is 47.7 Å². The number of anilines is 1. The van der Waals surface area contributed by atoms with Crippen molar-refractivity contribution in [1.29, 1.82) is 0 Å². The van der Waals surface area contributed by atoms with Gasteiger partial charge in [0.05, 0.1) is 23.0 Å². The van der Waals surface area contributed by atoms with Crippen LogP contribution >= 0.6 is 23.1 Å². The van der Waals surface area contributed by atoms with Crippen molar-refractivity contribution in [2.75, 3.05) is 11.1 Å². The summed E-state index contributed by atoms with van der Waals surface area (Å²) in [4.78, 5) is 21.0. The van der Waals surface area contributed by atoms with Crippen LogP contribution in [0.15, 0.2) is 35.7 Å². The van der Waals surface area contributed by atoms with Gasteiger partial charge in [-0.2, -0.15) is 5.10 Å². The van der Waals surface area contributed by atoms with Crippen LogP contribution in [-0.2, 0) is 11.2 Å². The summed E-state index contributed by atoms with van der Waals surface area (Å²) in [6.07, 6.45) is 4.04. The largest absolute Gasteiger partial charge is 0.300 e. The first-order valence-corrected chi connectivity index (χ1v) is 10.9. The van der Waals surface area contributed by atoms with E-state index in [9.17, 15) is 4.79 Å². The van der Waals surface area contributed by atoms with Gasteiger partial charge in [-0.05, 0) is 31.9 Å². The monoisotopic (exact) mass is 425 g/mol. The number of thioether (sulfide) groups is 1. The van der Waals surface area contributed by atoms with E-state index in [4.69, 9.17) is 0 Å². The Balaban J connectivity index is 1.52. The van der Waals surface area contributed by atoms with Crippen molar-refractivity contribution in [3.05, 3.63) is 46.9 Å². The van der Waals surface area contributed by atoms with E-state index >= 15 is 0 Å². The molecule has 0 aliphatic heterocycles. The Labute approximate surface area is 175 Å². The molecule has 1 aromatic carbocycles. The zero-order valence-electron chi connectivity index (χ0n) is 16.2. The summed E-state index contributed by atoms with van der Waals surface area (Å²) in [6.45, 7) is 6.11. The van der Waals surface area contributed by atoms with Gasteiger partial charge in [0.25, 0.3) is 0 Å². The van der Waals surface area contributed by atoms with E-state index in [1.165, 1.54) is 35.0 Å². The van der Waals surface area contributed by atoms with Crippen molar-refractivity contribution in [1.82, 2.24) is 29.9 Å². The lowest BCUT2D eigenvalue weighted by Gasteiger charge is -2.08.